The molecule has 1 saturated heterocycles. The SMILES string of the molecule is Cl.Cl.NC[C@H]1CCC[C@H]1C(=O)N1CCCC(c2ncn[nH]2)C1. The molecule has 6 nitrogen and oxygen atoms in total. The largest absolute Gasteiger partial charge is 0.342 e. The number of hydrogen-bond acceptors (Lipinski definition) is 4. The lowest BCUT2D eigenvalue weighted by Crippen LogP contribution is -2.44. The van der Waals surface area contributed by atoms with Crippen molar-refractivity contribution in [2.45, 2.75) is 38.0 Å². The molecule has 1 saturated carbocycles. The minimum Gasteiger partial charge on any atom is -0.342 e. The number of carbonyl (C=O) groups is 1. The zero-order valence-corrected chi connectivity index (χ0v) is 14.2. The molecule has 8 heteroatoms. The van der Waals surface area contributed by atoms with Crippen LogP contribution in [0, 0.1) is 11.8 Å². The van der Waals surface area contributed by atoms with Crippen LogP contribution in [0.4, 0.5) is 0 Å². The first-order valence-electron chi connectivity index (χ1n) is 7.63. The number of H-pyrrole nitrogens is 1. The third-order valence-electron chi connectivity index (χ3n) is 4.83. The van der Waals surface area contributed by atoms with Crippen LogP contribution >= 0.6 is 24.8 Å². The summed E-state index contributed by atoms with van der Waals surface area (Å²) in [6, 6.07) is 0. The molecule has 0 spiro atoms. The summed E-state index contributed by atoms with van der Waals surface area (Å²) in [5, 5.41) is 6.85. The number of aromatic nitrogens is 3. The van der Waals surface area contributed by atoms with Gasteiger partial charge in [-0.2, -0.15) is 5.10 Å². The molecule has 3 rings (SSSR count). The number of nitrogens with two attached hydrogens (primary N) is 1. The fourth-order valence-corrected chi connectivity index (χ4v) is 3.69. The summed E-state index contributed by atoms with van der Waals surface area (Å²) < 4.78 is 0. The van der Waals surface area contributed by atoms with E-state index in [1.807, 2.05) is 4.90 Å². The predicted octanol–water partition coefficient (Wildman–Crippen LogP) is 1.73. The summed E-state index contributed by atoms with van der Waals surface area (Å²) in [6.07, 6.45) is 6.90. The van der Waals surface area contributed by atoms with Crippen molar-refractivity contribution in [2.24, 2.45) is 17.6 Å². The number of nitrogens with zero attached hydrogens (tertiary/aromatic N) is 3. The van der Waals surface area contributed by atoms with Gasteiger partial charge in [0.05, 0.1) is 0 Å². The lowest BCUT2D eigenvalue weighted by Gasteiger charge is -2.34. The summed E-state index contributed by atoms with van der Waals surface area (Å²) in [5.74, 6) is 2.04. The van der Waals surface area contributed by atoms with E-state index in [2.05, 4.69) is 15.2 Å². The maximum absolute atomic E-state index is 12.7. The van der Waals surface area contributed by atoms with Gasteiger partial charge in [0.25, 0.3) is 0 Å². The van der Waals surface area contributed by atoms with Crippen LogP contribution in [-0.2, 0) is 4.79 Å². The summed E-state index contributed by atoms with van der Waals surface area (Å²) >= 11 is 0. The molecule has 1 aliphatic heterocycles. The van der Waals surface area contributed by atoms with Gasteiger partial charge in [-0.05, 0) is 38.1 Å². The Labute approximate surface area is 143 Å². The van der Waals surface area contributed by atoms with E-state index in [1.165, 1.54) is 6.33 Å². The molecule has 0 aromatic carbocycles. The summed E-state index contributed by atoms with van der Waals surface area (Å²) in [5.41, 5.74) is 5.80. The van der Waals surface area contributed by atoms with E-state index in [0.717, 1.165) is 51.0 Å². The van der Waals surface area contributed by atoms with Crippen LogP contribution in [0.2, 0.25) is 0 Å². The first-order chi connectivity index (χ1) is 9.79. The number of piperidine rings is 1. The molecule has 3 N–H and O–H groups in total. The van der Waals surface area contributed by atoms with Gasteiger partial charge in [-0.1, -0.05) is 6.42 Å². The van der Waals surface area contributed by atoms with Gasteiger partial charge in [-0.15, -0.1) is 24.8 Å². The van der Waals surface area contributed by atoms with Crippen molar-refractivity contribution in [1.82, 2.24) is 20.1 Å². The molecule has 1 amide bonds. The summed E-state index contributed by atoms with van der Waals surface area (Å²) in [7, 11) is 0. The topological polar surface area (TPSA) is 87.9 Å². The standard InChI is InChI=1S/C14H23N5O.2ClH/c15-7-10-3-1-5-12(10)14(20)19-6-2-4-11(8-19)13-16-9-17-18-13;;/h9-12H,1-8,15H2,(H,16,17,18);2*1H/t10-,11?,12-;;/m1../s1. The predicted molar refractivity (Wildman–Crippen MR) is 89.3 cm³/mol. The highest BCUT2D eigenvalue weighted by atomic mass is 35.5. The highest BCUT2D eigenvalue weighted by Gasteiger charge is 2.36. The molecule has 0 bridgehead atoms. The zero-order valence-electron chi connectivity index (χ0n) is 12.6. The molecule has 1 aliphatic carbocycles. The van der Waals surface area contributed by atoms with Crippen molar-refractivity contribution < 1.29 is 4.79 Å². The molecule has 22 heavy (non-hydrogen) atoms. The normalized spacial score (nSPS) is 27.9. The van der Waals surface area contributed by atoms with E-state index in [-0.39, 0.29) is 30.7 Å². The zero-order chi connectivity index (χ0) is 13.9. The number of rotatable bonds is 3. The fraction of sp³-hybridized carbons (Fsp3) is 0.786. The smallest absolute Gasteiger partial charge is 0.226 e. The molecule has 1 aromatic rings. The average molecular weight is 350 g/mol. The Morgan fingerprint density at radius 3 is 2.82 bits per heavy atom. The quantitative estimate of drug-likeness (QED) is 0.869. The van der Waals surface area contributed by atoms with E-state index in [9.17, 15) is 4.79 Å². The summed E-state index contributed by atoms with van der Waals surface area (Å²) in [6.45, 7) is 2.27. The molecule has 3 atom stereocenters. The first kappa shape index (κ1) is 19.2. The molecule has 2 heterocycles. The Morgan fingerprint density at radius 1 is 1.32 bits per heavy atom. The Kier molecular flexibility index (Phi) is 7.59. The maximum Gasteiger partial charge on any atom is 0.226 e. The number of nitrogens with one attached hydrogen (secondary N) is 1. The second kappa shape index (κ2) is 8.70. The molecule has 0 radical (unpaired) electrons. The number of carbonyl (C=O) groups excluding carboxylic acids is 1. The average Bonchev–Trinajstić information content (AvgIpc) is 3.17. The van der Waals surface area contributed by atoms with Gasteiger partial charge >= 0.3 is 0 Å². The van der Waals surface area contributed by atoms with Crippen molar-refractivity contribution in [3.63, 3.8) is 0 Å². The van der Waals surface area contributed by atoms with Crippen LogP contribution in [0.1, 0.15) is 43.8 Å². The lowest BCUT2D eigenvalue weighted by atomic mass is 9.91. The molecule has 126 valence electrons. The molecule has 1 unspecified atom stereocenters. The van der Waals surface area contributed by atoms with Crippen molar-refractivity contribution in [3.8, 4) is 0 Å². The first-order valence-corrected chi connectivity index (χ1v) is 7.63. The minimum absolute atomic E-state index is 0. The van der Waals surface area contributed by atoms with E-state index < -0.39 is 0 Å². The Balaban J connectivity index is 0.00000121. The Bertz CT molecular complexity index is 456. The van der Waals surface area contributed by atoms with Gasteiger partial charge in [0.2, 0.25) is 5.91 Å². The number of hydrogen-bond donors (Lipinski definition) is 2. The van der Waals surface area contributed by atoms with Gasteiger partial charge < -0.3 is 10.6 Å². The third kappa shape index (κ3) is 3.91. The molecular formula is C14H25Cl2N5O. The van der Waals surface area contributed by atoms with E-state index in [0.29, 0.717) is 24.3 Å². The molecule has 2 aliphatic rings. The van der Waals surface area contributed by atoms with Gasteiger partial charge in [0.15, 0.2) is 0 Å². The van der Waals surface area contributed by atoms with Gasteiger partial charge in [-0.25, -0.2) is 4.98 Å². The number of likely N-dealkylation sites (tertiary alicyclic amines) is 1. The Hall–Kier alpha value is -0.850. The second-order valence-corrected chi connectivity index (χ2v) is 6.03. The van der Waals surface area contributed by atoms with Crippen molar-refractivity contribution in [3.05, 3.63) is 12.2 Å². The van der Waals surface area contributed by atoms with Gasteiger partial charge in [0.1, 0.15) is 12.2 Å². The van der Waals surface area contributed by atoms with Crippen LogP contribution < -0.4 is 5.73 Å². The summed E-state index contributed by atoms with van der Waals surface area (Å²) in [4.78, 5) is 19.0. The van der Waals surface area contributed by atoms with Gasteiger partial charge in [-0.3, -0.25) is 9.89 Å². The minimum atomic E-state index is 0. The third-order valence-corrected chi connectivity index (χ3v) is 4.83. The Morgan fingerprint density at radius 2 is 2.14 bits per heavy atom. The highest BCUT2D eigenvalue weighted by molar-refractivity contribution is 5.85. The molecule has 2 fully saturated rings. The van der Waals surface area contributed by atoms with Crippen LogP contribution in [0.3, 0.4) is 0 Å². The highest BCUT2D eigenvalue weighted by Crippen LogP contribution is 2.34. The fourth-order valence-electron chi connectivity index (χ4n) is 3.69. The van der Waals surface area contributed by atoms with Gasteiger partial charge in [0, 0.05) is 24.9 Å². The number of amides is 1. The maximum atomic E-state index is 12.7. The van der Waals surface area contributed by atoms with Crippen LogP contribution in [-0.4, -0.2) is 45.6 Å². The van der Waals surface area contributed by atoms with E-state index >= 15 is 0 Å². The van der Waals surface area contributed by atoms with Crippen molar-refractivity contribution in [2.75, 3.05) is 19.6 Å². The molecule has 1 aromatic heterocycles. The second-order valence-electron chi connectivity index (χ2n) is 6.03. The van der Waals surface area contributed by atoms with Crippen LogP contribution in [0.25, 0.3) is 0 Å². The number of aromatic amines is 1. The molecular weight excluding hydrogens is 325 g/mol. The van der Waals surface area contributed by atoms with Crippen molar-refractivity contribution in [1.29, 1.82) is 0 Å². The van der Waals surface area contributed by atoms with Crippen LogP contribution in [0.5, 0.6) is 0 Å². The van der Waals surface area contributed by atoms with Crippen molar-refractivity contribution >= 4 is 30.7 Å². The lowest BCUT2D eigenvalue weighted by molar-refractivity contribution is -0.137. The monoisotopic (exact) mass is 349 g/mol. The van der Waals surface area contributed by atoms with E-state index in [1.54, 1.807) is 0 Å². The van der Waals surface area contributed by atoms with E-state index in [4.69, 9.17) is 5.73 Å². The number of halogens is 2. The van der Waals surface area contributed by atoms with Crippen LogP contribution in [0.15, 0.2) is 6.33 Å².